The maximum Gasteiger partial charge on any atom is 0.407 e. The first-order valence-electron chi connectivity index (χ1n) is 10.6. The third-order valence-corrected chi connectivity index (χ3v) is 5.49. The summed E-state index contributed by atoms with van der Waals surface area (Å²) in [6, 6.07) is 13.9. The molecule has 2 aromatic rings. The fraction of sp³-hybridized carbons (Fsp3) is 0.333. The Hall–Kier alpha value is -3.88. The van der Waals surface area contributed by atoms with Crippen molar-refractivity contribution in [1.29, 1.82) is 0 Å². The van der Waals surface area contributed by atoms with E-state index in [1.807, 2.05) is 48.5 Å². The lowest BCUT2D eigenvalue weighted by molar-refractivity contribution is -0.140. The van der Waals surface area contributed by atoms with Crippen LogP contribution in [0.4, 0.5) is 4.79 Å². The molecular weight excluding hydrogens is 426 g/mol. The second-order valence-corrected chi connectivity index (χ2v) is 7.91. The third-order valence-electron chi connectivity index (χ3n) is 5.49. The number of hydrogen-bond acceptors (Lipinski definition) is 5. The molecular formula is C24H27N3O6. The normalized spacial score (nSPS) is 13.8. The number of aliphatic carboxylic acids is 1. The number of carbonyl (C=O) groups is 4. The highest BCUT2D eigenvalue weighted by Gasteiger charge is 2.30. The highest BCUT2D eigenvalue weighted by molar-refractivity contribution is 5.90. The lowest BCUT2D eigenvalue weighted by atomic mass is 9.98. The maximum atomic E-state index is 12.5. The number of nitrogens with one attached hydrogen (secondary N) is 3. The van der Waals surface area contributed by atoms with Crippen LogP contribution in [0.3, 0.4) is 0 Å². The van der Waals surface area contributed by atoms with Gasteiger partial charge in [-0.1, -0.05) is 48.5 Å². The number of carboxylic acids is 1. The van der Waals surface area contributed by atoms with Crippen LogP contribution in [0.1, 0.15) is 36.8 Å². The summed E-state index contributed by atoms with van der Waals surface area (Å²) in [5.74, 6) is -2.40. The van der Waals surface area contributed by atoms with Crippen molar-refractivity contribution in [2.75, 3.05) is 13.7 Å². The summed E-state index contributed by atoms with van der Waals surface area (Å²) in [5.41, 5.74) is 4.23. The van der Waals surface area contributed by atoms with Gasteiger partial charge < -0.3 is 25.8 Å². The van der Waals surface area contributed by atoms with E-state index in [9.17, 15) is 19.2 Å². The molecule has 0 saturated heterocycles. The summed E-state index contributed by atoms with van der Waals surface area (Å²) in [7, 11) is 1.48. The Morgan fingerprint density at radius 3 is 2.06 bits per heavy atom. The number of carboxylic acid groups (broad SMARTS) is 1. The third kappa shape index (κ3) is 5.88. The highest BCUT2D eigenvalue weighted by atomic mass is 16.5. The van der Waals surface area contributed by atoms with Crippen LogP contribution in [0.5, 0.6) is 0 Å². The first-order chi connectivity index (χ1) is 15.8. The molecule has 9 nitrogen and oxygen atoms in total. The molecule has 0 fully saturated rings. The number of rotatable bonds is 9. The molecule has 0 bridgehead atoms. The van der Waals surface area contributed by atoms with Crippen molar-refractivity contribution >= 4 is 23.9 Å². The molecule has 0 aliphatic heterocycles. The zero-order valence-electron chi connectivity index (χ0n) is 18.5. The molecule has 174 valence electrons. The molecule has 2 atom stereocenters. The summed E-state index contributed by atoms with van der Waals surface area (Å²) >= 11 is 0. The molecule has 0 saturated carbocycles. The van der Waals surface area contributed by atoms with Crippen LogP contribution < -0.4 is 16.0 Å². The Labute approximate surface area is 191 Å². The van der Waals surface area contributed by atoms with E-state index < -0.39 is 36.5 Å². The number of amides is 3. The lowest BCUT2D eigenvalue weighted by Gasteiger charge is -2.20. The molecule has 33 heavy (non-hydrogen) atoms. The van der Waals surface area contributed by atoms with Gasteiger partial charge in [-0.25, -0.2) is 4.79 Å². The van der Waals surface area contributed by atoms with Gasteiger partial charge in [0, 0.05) is 25.4 Å². The summed E-state index contributed by atoms with van der Waals surface area (Å²) in [5, 5.41) is 16.5. The molecule has 3 amide bonds. The Kier molecular flexibility index (Phi) is 7.66. The van der Waals surface area contributed by atoms with Gasteiger partial charge in [0.25, 0.3) is 0 Å². The number of fused-ring (bicyclic) bond motifs is 3. The van der Waals surface area contributed by atoms with Crippen molar-refractivity contribution in [2.45, 2.75) is 37.8 Å². The Bertz CT molecular complexity index is 1010. The zero-order valence-corrected chi connectivity index (χ0v) is 18.5. The Balaban J connectivity index is 1.63. The first kappa shape index (κ1) is 23.8. The van der Waals surface area contributed by atoms with Gasteiger partial charge in [-0.2, -0.15) is 0 Å². The molecule has 2 aromatic carbocycles. The second kappa shape index (κ2) is 10.6. The second-order valence-electron chi connectivity index (χ2n) is 7.91. The van der Waals surface area contributed by atoms with E-state index in [0.717, 1.165) is 22.3 Å². The van der Waals surface area contributed by atoms with Crippen LogP contribution in [0.15, 0.2) is 48.5 Å². The van der Waals surface area contributed by atoms with Crippen molar-refractivity contribution in [1.82, 2.24) is 16.0 Å². The minimum Gasteiger partial charge on any atom is -0.481 e. The van der Waals surface area contributed by atoms with Crippen LogP contribution in [0, 0.1) is 0 Å². The van der Waals surface area contributed by atoms with Gasteiger partial charge in [0.15, 0.2) is 0 Å². The SMILES string of the molecule is CNC(=O)CC(C)NC(=O)C(CC(=O)O)NC(=O)OCC1c2ccccc2-c2ccccc21. The van der Waals surface area contributed by atoms with E-state index in [1.54, 1.807) is 6.92 Å². The van der Waals surface area contributed by atoms with Crippen LogP contribution in [-0.2, 0) is 19.1 Å². The van der Waals surface area contributed by atoms with E-state index >= 15 is 0 Å². The fourth-order valence-corrected chi connectivity index (χ4v) is 3.94. The van der Waals surface area contributed by atoms with Crippen molar-refractivity contribution in [2.24, 2.45) is 0 Å². The number of carbonyl (C=O) groups excluding carboxylic acids is 3. The molecule has 9 heteroatoms. The number of ether oxygens (including phenoxy) is 1. The van der Waals surface area contributed by atoms with Gasteiger partial charge in [0.1, 0.15) is 12.6 Å². The molecule has 0 aromatic heterocycles. The highest BCUT2D eigenvalue weighted by Crippen LogP contribution is 2.44. The zero-order chi connectivity index (χ0) is 24.0. The van der Waals surface area contributed by atoms with Gasteiger partial charge in [-0.3, -0.25) is 14.4 Å². The standard InChI is InChI=1S/C24H27N3O6/c1-14(11-21(28)25-2)26-23(31)20(12-22(29)30)27-24(32)33-13-19-17-9-5-3-7-15(17)16-8-4-6-10-18(16)19/h3-10,14,19-20H,11-13H2,1-2H3,(H,25,28)(H,26,31)(H,27,32)(H,29,30). The summed E-state index contributed by atoms with van der Waals surface area (Å²) in [6.07, 6.45) is -1.49. The minimum atomic E-state index is -1.34. The number of hydrogen-bond donors (Lipinski definition) is 4. The van der Waals surface area contributed by atoms with E-state index in [0.29, 0.717) is 0 Å². The van der Waals surface area contributed by atoms with Gasteiger partial charge in [0.2, 0.25) is 11.8 Å². The molecule has 0 radical (unpaired) electrons. The summed E-state index contributed by atoms with van der Waals surface area (Å²) < 4.78 is 5.40. The van der Waals surface area contributed by atoms with E-state index in [2.05, 4.69) is 16.0 Å². The van der Waals surface area contributed by atoms with Crippen molar-refractivity contribution < 1.29 is 29.0 Å². The molecule has 0 spiro atoms. The van der Waals surface area contributed by atoms with Gasteiger partial charge in [-0.05, 0) is 29.2 Å². The van der Waals surface area contributed by atoms with E-state index in [1.165, 1.54) is 7.05 Å². The number of alkyl carbamates (subject to hydrolysis) is 1. The van der Waals surface area contributed by atoms with Crippen LogP contribution in [0.2, 0.25) is 0 Å². The van der Waals surface area contributed by atoms with Crippen LogP contribution in [0.25, 0.3) is 11.1 Å². The molecule has 1 aliphatic carbocycles. The average molecular weight is 453 g/mol. The molecule has 3 rings (SSSR count). The summed E-state index contributed by atoms with van der Waals surface area (Å²) in [4.78, 5) is 47.6. The maximum absolute atomic E-state index is 12.5. The largest absolute Gasteiger partial charge is 0.481 e. The van der Waals surface area contributed by atoms with Crippen LogP contribution >= 0.6 is 0 Å². The van der Waals surface area contributed by atoms with Crippen LogP contribution in [-0.4, -0.2) is 54.7 Å². The Morgan fingerprint density at radius 1 is 0.939 bits per heavy atom. The molecule has 2 unspecified atom stereocenters. The van der Waals surface area contributed by atoms with E-state index in [4.69, 9.17) is 9.84 Å². The predicted molar refractivity (Wildman–Crippen MR) is 121 cm³/mol. The van der Waals surface area contributed by atoms with Crippen molar-refractivity contribution in [3.8, 4) is 11.1 Å². The van der Waals surface area contributed by atoms with Gasteiger partial charge >= 0.3 is 12.1 Å². The average Bonchev–Trinajstić information content (AvgIpc) is 3.10. The first-order valence-corrected chi connectivity index (χ1v) is 10.6. The number of benzene rings is 2. The quantitative estimate of drug-likeness (QED) is 0.459. The minimum absolute atomic E-state index is 0.0208. The summed E-state index contributed by atoms with van der Waals surface area (Å²) in [6.45, 7) is 1.65. The smallest absolute Gasteiger partial charge is 0.407 e. The topological polar surface area (TPSA) is 134 Å². The molecule has 1 aliphatic rings. The predicted octanol–water partition coefficient (Wildman–Crippen LogP) is 2.01. The fourth-order valence-electron chi connectivity index (χ4n) is 3.94. The molecule has 4 N–H and O–H groups in total. The van der Waals surface area contributed by atoms with Crippen molar-refractivity contribution in [3.63, 3.8) is 0 Å². The van der Waals surface area contributed by atoms with Gasteiger partial charge in [-0.15, -0.1) is 0 Å². The Morgan fingerprint density at radius 2 is 1.52 bits per heavy atom. The monoisotopic (exact) mass is 453 g/mol. The van der Waals surface area contributed by atoms with E-state index in [-0.39, 0.29) is 24.9 Å². The lowest BCUT2D eigenvalue weighted by Crippen LogP contribution is -2.50. The molecule has 0 heterocycles. The van der Waals surface area contributed by atoms with Gasteiger partial charge in [0.05, 0.1) is 6.42 Å². The van der Waals surface area contributed by atoms with Crippen molar-refractivity contribution in [3.05, 3.63) is 59.7 Å².